The zero-order chi connectivity index (χ0) is 13.6. The Bertz CT molecular complexity index is 173. The molecule has 19 heavy (non-hydrogen) atoms. The molecule has 0 saturated heterocycles. The van der Waals surface area contributed by atoms with Gasteiger partial charge in [-0.25, -0.2) is 0 Å². The van der Waals surface area contributed by atoms with Crippen molar-refractivity contribution in [3.05, 3.63) is 0 Å². The van der Waals surface area contributed by atoms with Gasteiger partial charge < -0.3 is 4.74 Å². The van der Waals surface area contributed by atoms with Crippen LogP contribution in [0.1, 0.15) is 103 Å². The molecule has 0 aromatic heterocycles. The molecule has 0 aliphatic heterocycles. The van der Waals surface area contributed by atoms with Gasteiger partial charge >= 0.3 is 0 Å². The molecule has 0 radical (unpaired) electrons. The monoisotopic (exact) mass is 268 g/mol. The van der Waals surface area contributed by atoms with Crippen molar-refractivity contribution in [1.82, 2.24) is 0 Å². The second kappa shape index (κ2) is 13.0. The molecule has 0 spiro atoms. The van der Waals surface area contributed by atoms with Crippen molar-refractivity contribution >= 4 is 0 Å². The lowest BCUT2D eigenvalue weighted by molar-refractivity contribution is 0.0263. The van der Waals surface area contributed by atoms with Gasteiger partial charge in [0.1, 0.15) is 0 Å². The van der Waals surface area contributed by atoms with E-state index in [1.165, 1.54) is 96.3 Å². The van der Waals surface area contributed by atoms with Crippen molar-refractivity contribution in [2.45, 2.75) is 109 Å². The van der Waals surface area contributed by atoms with Gasteiger partial charge in [0, 0.05) is 6.61 Å². The maximum absolute atomic E-state index is 5.95. The van der Waals surface area contributed by atoms with E-state index in [-0.39, 0.29) is 0 Å². The van der Waals surface area contributed by atoms with E-state index in [1.807, 2.05) is 0 Å². The molecule has 1 saturated carbocycles. The van der Waals surface area contributed by atoms with Crippen LogP contribution in [0.25, 0.3) is 0 Å². The number of hydrogen-bond acceptors (Lipinski definition) is 1. The second-order valence-electron chi connectivity index (χ2n) is 6.31. The predicted molar refractivity (Wildman–Crippen MR) is 84.7 cm³/mol. The van der Waals surface area contributed by atoms with Crippen LogP contribution in [-0.2, 0) is 4.74 Å². The minimum absolute atomic E-state index is 0.604. The fourth-order valence-corrected chi connectivity index (χ4v) is 3.07. The van der Waals surface area contributed by atoms with Crippen LogP contribution in [0.2, 0.25) is 0 Å². The highest BCUT2D eigenvalue weighted by Crippen LogP contribution is 2.20. The average molecular weight is 268 g/mol. The SMILES string of the molecule is CCCCCCCCCCCCOC1CCCCC1. The first-order valence-corrected chi connectivity index (χ1v) is 9.05. The maximum atomic E-state index is 5.95. The summed E-state index contributed by atoms with van der Waals surface area (Å²) < 4.78 is 5.95. The predicted octanol–water partition coefficient (Wildman–Crippen LogP) is 6.26. The molecule has 1 fully saturated rings. The molecular weight excluding hydrogens is 232 g/mol. The summed E-state index contributed by atoms with van der Waals surface area (Å²) in [7, 11) is 0. The van der Waals surface area contributed by atoms with Crippen LogP contribution in [-0.4, -0.2) is 12.7 Å². The lowest BCUT2D eigenvalue weighted by atomic mass is 9.98. The third kappa shape index (κ3) is 10.4. The molecular formula is C18H36O. The highest BCUT2D eigenvalue weighted by molar-refractivity contribution is 4.64. The lowest BCUT2D eigenvalue weighted by Crippen LogP contribution is -2.17. The van der Waals surface area contributed by atoms with Gasteiger partial charge in [-0.1, -0.05) is 84.0 Å². The van der Waals surface area contributed by atoms with Gasteiger partial charge in [-0.3, -0.25) is 0 Å². The maximum Gasteiger partial charge on any atom is 0.0575 e. The summed E-state index contributed by atoms with van der Waals surface area (Å²) in [4.78, 5) is 0. The molecule has 0 aromatic rings. The first-order valence-electron chi connectivity index (χ1n) is 9.05. The molecule has 0 N–H and O–H groups in total. The lowest BCUT2D eigenvalue weighted by Gasteiger charge is -2.21. The molecule has 0 aromatic carbocycles. The van der Waals surface area contributed by atoms with Gasteiger partial charge in [-0.15, -0.1) is 0 Å². The summed E-state index contributed by atoms with van der Waals surface area (Å²) in [6.07, 6.45) is 21.6. The van der Waals surface area contributed by atoms with Gasteiger partial charge in [0.25, 0.3) is 0 Å². The molecule has 1 nitrogen and oxygen atoms in total. The zero-order valence-electron chi connectivity index (χ0n) is 13.3. The third-order valence-corrected chi connectivity index (χ3v) is 4.40. The largest absolute Gasteiger partial charge is 0.378 e. The summed E-state index contributed by atoms with van der Waals surface area (Å²) in [6, 6.07) is 0. The van der Waals surface area contributed by atoms with Crippen LogP contribution in [0.5, 0.6) is 0 Å². The van der Waals surface area contributed by atoms with Crippen molar-refractivity contribution in [2.24, 2.45) is 0 Å². The van der Waals surface area contributed by atoms with Gasteiger partial charge in [0.05, 0.1) is 6.10 Å². The second-order valence-corrected chi connectivity index (χ2v) is 6.31. The quantitative estimate of drug-likeness (QED) is 0.380. The van der Waals surface area contributed by atoms with Gasteiger partial charge in [0.15, 0.2) is 0 Å². The van der Waals surface area contributed by atoms with E-state index in [2.05, 4.69) is 6.92 Å². The minimum atomic E-state index is 0.604. The van der Waals surface area contributed by atoms with Gasteiger partial charge in [0.2, 0.25) is 0 Å². The van der Waals surface area contributed by atoms with Crippen molar-refractivity contribution in [3.63, 3.8) is 0 Å². The fourth-order valence-electron chi connectivity index (χ4n) is 3.07. The van der Waals surface area contributed by atoms with E-state index >= 15 is 0 Å². The summed E-state index contributed by atoms with van der Waals surface area (Å²) in [6.45, 7) is 3.30. The molecule has 1 heteroatoms. The Hall–Kier alpha value is -0.0400. The van der Waals surface area contributed by atoms with E-state index in [4.69, 9.17) is 4.74 Å². The normalized spacial score (nSPS) is 16.9. The van der Waals surface area contributed by atoms with Crippen molar-refractivity contribution in [1.29, 1.82) is 0 Å². The molecule has 0 amide bonds. The van der Waals surface area contributed by atoms with Crippen molar-refractivity contribution < 1.29 is 4.74 Å². The van der Waals surface area contributed by atoms with Crippen LogP contribution in [0, 0.1) is 0 Å². The highest BCUT2D eigenvalue weighted by Gasteiger charge is 2.12. The summed E-state index contributed by atoms with van der Waals surface area (Å²) in [5.41, 5.74) is 0. The Morgan fingerprint density at radius 3 is 1.79 bits per heavy atom. The van der Waals surface area contributed by atoms with E-state index in [0.29, 0.717) is 6.10 Å². The third-order valence-electron chi connectivity index (χ3n) is 4.40. The number of ether oxygens (including phenoxy) is 1. The summed E-state index contributed by atoms with van der Waals surface area (Å²) in [5, 5.41) is 0. The minimum Gasteiger partial charge on any atom is -0.378 e. The summed E-state index contributed by atoms with van der Waals surface area (Å²) in [5.74, 6) is 0. The molecule has 0 bridgehead atoms. The number of hydrogen-bond donors (Lipinski definition) is 0. The van der Waals surface area contributed by atoms with Crippen LogP contribution >= 0.6 is 0 Å². The Labute approximate surface area is 121 Å². The van der Waals surface area contributed by atoms with Crippen molar-refractivity contribution in [2.75, 3.05) is 6.61 Å². The molecule has 114 valence electrons. The van der Waals surface area contributed by atoms with Gasteiger partial charge in [-0.2, -0.15) is 0 Å². The topological polar surface area (TPSA) is 9.23 Å². The smallest absolute Gasteiger partial charge is 0.0575 e. The first kappa shape index (κ1) is 17.0. The standard InChI is InChI=1S/C18H36O/c1-2-3-4-5-6-7-8-9-10-14-17-19-18-15-12-11-13-16-18/h18H,2-17H2,1H3. The van der Waals surface area contributed by atoms with E-state index in [9.17, 15) is 0 Å². The molecule has 1 aliphatic rings. The Morgan fingerprint density at radius 1 is 0.684 bits per heavy atom. The van der Waals surface area contributed by atoms with Gasteiger partial charge in [-0.05, 0) is 19.3 Å². The zero-order valence-corrected chi connectivity index (χ0v) is 13.3. The Morgan fingerprint density at radius 2 is 1.21 bits per heavy atom. The van der Waals surface area contributed by atoms with Crippen LogP contribution < -0.4 is 0 Å². The van der Waals surface area contributed by atoms with Crippen LogP contribution in [0.3, 0.4) is 0 Å². The molecule has 1 rings (SSSR count). The highest BCUT2D eigenvalue weighted by atomic mass is 16.5. The molecule has 0 atom stereocenters. The first-order chi connectivity index (χ1) is 9.43. The Kier molecular flexibility index (Phi) is 11.6. The molecule has 0 unspecified atom stereocenters. The number of rotatable bonds is 12. The van der Waals surface area contributed by atoms with Crippen LogP contribution in [0.4, 0.5) is 0 Å². The molecule has 1 aliphatic carbocycles. The Balaban J connectivity index is 1.71. The van der Waals surface area contributed by atoms with E-state index in [1.54, 1.807) is 0 Å². The summed E-state index contributed by atoms with van der Waals surface area (Å²) >= 11 is 0. The van der Waals surface area contributed by atoms with Crippen molar-refractivity contribution in [3.8, 4) is 0 Å². The van der Waals surface area contributed by atoms with Crippen LogP contribution in [0.15, 0.2) is 0 Å². The van der Waals surface area contributed by atoms with E-state index < -0.39 is 0 Å². The van der Waals surface area contributed by atoms with E-state index in [0.717, 1.165) is 6.61 Å². The average Bonchev–Trinajstić information content (AvgIpc) is 2.46. The number of unbranched alkanes of at least 4 members (excludes halogenated alkanes) is 9. The fraction of sp³-hybridized carbons (Fsp3) is 1.00. The molecule has 0 heterocycles.